The van der Waals surface area contributed by atoms with Gasteiger partial charge in [0.1, 0.15) is 5.57 Å². The van der Waals surface area contributed by atoms with E-state index in [-0.39, 0.29) is 15.6 Å². The van der Waals surface area contributed by atoms with Gasteiger partial charge in [-0.25, -0.2) is 9.69 Å². The standard InChI is InChI=1S/C25H26Cl2N2O4/c1-4-5-6-7-10-33-22-20(26)13-17(14-21(22)27)12-19-23(30)28-25(32)29(24(19)31)18-9-8-15(2)16(3)11-18/h8-9,11-14H,4-7,10H2,1-3H3,(H,28,30,32). The number of anilines is 1. The number of nitrogens with zero attached hydrogens (tertiary/aromatic N) is 1. The van der Waals surface area contributed by atoms with Gasteiger partial charge in [-0.1, -0.05) is 55.5 Å². The van der Waals surface area contributed by atoms with Crippen molar-refractivity contribution in [3.05, 3.63) is 62.6 Å². The fraction of sp³-hybridized carbons (Fsp3) is 0.320. The molecule has 0 saturated carbocycles. The number of rotatable bonds is 8. The number of barbiturate groups is 1. The first kappa shape index (κ1) is 24.8. The molecule has 1 aliphatic rings. The van der Waals surface area contributed by atoms with Crippen LogP contribution in [0.5, 0.6) is 5.75 Å². The van der Waals surface area contributed by atoms with Gasteiger partial charge in [-0.05, 0) is 67.3 Å². The first-order chi connectivity index (χ1) is 15.7. The Morgan fingerprint density at radius 1 is 0.970 bits per heavy atom. The van der Waals surface area contributed by atoms with Crippen LogP contribution in [0.4, 0.5) is 10.5 Å². The molecule has 0 radical (unpaired) electrons. The molecule has 3 rings (SSSR count). The molecule has 1 saturated heterocycles. The van der Waals surface area contributed by atoms with Gasteiger partial charge in [0.2, 0.25) is 0 Å². The van der Waals surface area contributed by atoms with E-state index in [9.17, 15) is 14.4 Å². The summed E-state index contributed by atoms with van der Waals surface area (Å²) < 4.78 is 5.73. The number of nitrogens with one attached hydrogen (secondary N) is 1. The van der Waals surface area contributed by atoms with Crippen LogP contribution in [-0.2, 0) is 9.59 Å². The fourth-order valence-electron chi connectivity index (χ4n) is 3.43. The molecule has 0 aliphatic carbocycles. The zero-order chi connectivity index (χ0) is 24.1. The van der Waals surface area contributed by atoms with E-state index in [2.05, 4.69) is 12.2 Å². The van der Waals surface area contributed by atoms with Crippen LogP contribution in [0.15, 0.2) is 35.9 Å². The average Bonchev–Trinajstić information content (AvgIpc) is 2.75. The number of halogens is 2. The van der Waals surface area contributed by atoms with Crippen molar-refractivity contribution in [3.8, 4) is 5.75 Å². The van der Waals surface area contributed by atoms with Crippen molar-refractivity contribution in [2.75, 3.05) is 11.5 Å². The van der Waals surface area contributed by atoms with Gasteiger partial charge in [-0.15, -0.1) is 0 Å². The molecule has 0 aromatic heterocycles. The van der Waals surface area contributed by atoms with Crippen molar-refractivity contribution >= 4 is 52.8 Å². The Labute approximate surface area is 203 Å². The second-order valence-electron chi connectivity index (χ2n) is 7.95. The highest BCUT2D eigenvalue weighted by atomic mass is 35.5. The van der Waals surface area contributed by atoms with Crippen molar-refractivity contribution in [1.82, 2.24) is 5.32 Å². The lowest BCUT2D eigenvalue weighted by Crippen LogP contribution is -2.54. The molecular formula is C25H26Cl2N2O4. The minimum atomic E-state index is -0.798. The van der Waals surface area contributed by atoms with Gasteiger partial charge in [0.05, 0.1) is 22.3 Å². The van der Waals surface area contributed by atoms with Crippen LogP contribution in [0.25, 0.3) is 6.08 Å². The van der Waals surface area contributed by atoms with Gasteiger partial charge in [0.25, 0.3) is 11.8 Å². The summed E-state index contributed by atoms with van der Waals surface area (Å²) in [5.74, 6) is -1.15. The predicted octanol–water partition coefficient (Wildman–Crippen LogP) is 6.24. The smallest absolute Gasteiger partial charge is 0.335 e. The average molecular weight is 489 g/mol. The number of aryl methyl sites for hydroxylation is 2. The third-order valence-corrected chi connectivity index (χ3v) is 5.99. The number of amides is 4. The van der Waals surface area contributed by atoms with Gasteiger partial charge in [0, 0.05) is 0 Å². The molecular weight excluding hydrogens is 463 g/mol. The number of benzene rings is 2. The molecule has 2 aromatic carbocycles. The summed E-state index contributed by atoms with van der Waals surface area (Å²) in [6.45, 7) is 6.44. The van der Waals surface area contributed by atoms with Crippen LogP contribution >= 0.6 is 23.2 Å². The molecule has 0 bridgehead atoms. The maximum absolute atomic E-state index is 13.1. The van der Waals surface area contributed by atoms with Crippen molar-refractivity contribution in [2.45, 2.75) is 46.5 Å². The minimum absolute atomic E-state index is 0.201. The number of carbonyl (C=O) groups is 3. The normalized spacial score (nSPS) is 15.2. The number of urea groups is 1. The first-order valence-corrected chi connectivity index (χ1v) is 11.6. The predicted molar refractivity (Wildman–Crippen MR) is 131 cm³/mol. The van der Waals surface area contributed by atoms with Crippen LogP contribution in [0.3, 0.4) is 0 Å². The SMILES string of the molecule is CCCCCCOc1c(Cl)cc(C=C2C(=O)NC(=O)N(c3ccc(C)c(C)c3)C2=O)cc1Cl. The lowest BCUT2D eigenvalue weighted by Gasteiger charge is -2.27. The Bertz CT molecular complexity index is 1100. The molecule has 0 unspecified atom stereocenters. The highest BCUT2D eigenvalue weighted by Gasteiger charge is 2.37. The molecule has 4 amide bonds. The Morgan fingerprint density at radius 3 is 2.30 bits per heavy atom. The molecule has 0 atom stereocenters. The van der Waals surface area contributed by atoms with E-state index in [1.165, 1.54) is 6.08 Å². The molecule has 1 aliphatic heterocycles. The van der Waals surface area contributed by atoms with Crippen LogP contribution < -0.4 is 15.0 Å². The maximum Gasteiger partial charge on any atom is 0.335 e. The maximum atomic E-state index is 13.1. The molecule has 6 nitrogen and oxygen atoms in total. The number of unbranched alkanes of at least 4 members (excludes halogenated alkanes) is 3. The van der Waals surface area contributed by atoms with E-state index in [0.717, 1.165) is 41.7 Å². The topological polar surface area (TPSA) is 75.7 Å². The lowest BCUT2D eigenvalue weighted by molar-refractivity contribution is -0.122. The quantitative estimate of drug-likeness (QED) is 0.271. The summed E-state index contributed by atoms with van der Waals surface area (Å²) in [7, 11) is 0. The summed E-state index contributed by atoms with van der Waals surface area (Å²) in [5.41, 5.74) is 2.55. The second kappa shape index (κ2) is 10.9. The molecule has 174 valence electrons. The van der Waals surface area contributed by atoms with Crippen molar-refractivity contribution in [3.63, 3.8) is 0 Å². The Balaban J connectivity index is 1.86. The number of hydrogen-bond donors (Lipinski definition) is 1. The highest BCUT2D eigenvalue weighted by Crippen LogP contribution is 2.35. The number of imide groups is 2. The summed E-state index contributed by atoms with van der Waals surface area (Å²) in [5, 5.41) is 2.76. The van der Waals surface area contributed by atoms with Gasteiger partial charge in [-0.2, -0.15) is 0 Å². The van der Waals surface area contributed by atoms with Crippen LogP contribution in [0.1, 0.15) is 49.3 Å². The van der Waals surface area contributed by atoms with Gasteiger partial charge in [-0.3, -0.25) is 14.9 Å². The molecule has 1 fully saturated rings. The molecule has 33 heavy (non-hydrogen) atoms. The first-order valence-electron chi connectivity index (χ1n) is 10.8. The van der Waals surface area contributed by atoms with E-state index in [1.807, 2.05) is 19.9 Å². The largest absolute Gasteiger partial charge is 0.490 e. The zero-order valence-corrected chi connectivity index (χ0v) is 20.3. The highest BCUT2D eigenvalue weighted by molar-refractivity contribution is 6.40. The van der Waals surface area contributed by atoms with Gasteiger partial charge < -0.3 is 4.74 Å². The summed E-state index contributed by atoms with van der Waals surface area (Å²) in [4.78, 5) is 38.9. The Hall–Kier alpha value is -2.83. The van der Waals surface area contributed by atoms with Crippen LogP contribution in [0.2, 0.25) is 10.0 Å². The third kappa shape index (κ3) is 5.75. The molecule has 8 heteroatoms. The van der Waals surface area contributed by atoms with E-state index in [0.29, 0.717) is 23.6 Å². The molecule has 2 aromatic rings. The number of carbonyl (C=O) groups excluding carboxylic acids is 3. The fourth-order valence-corrected chi connectivity index (χ4v) is 4.04. The Morgan fingerprint density at radius 2 is 1.67 bits per heavy atom. The van der Waals surface area contributed by atoms with Crippen molar-refractivity contribution in [2.24, 2.45) is 0 Å². The van der Waals surface area contributed by atoms with Crippen LogP contribution in [0, 0.1) is 13.8 Å². The van der Waals surface area contributed by atoms with Crippen molar-refractivity contribution in [1.29, 1.82) is 0 Å². The van der Waals surface area contributed by atoms with Gasteiger partial charge >= 0.3 is 6.03 Å². The summed E-state index contributed by atoms with van der Waals surface area (Å²) >= 11 is 12.7. The second-order valence-corrected chi connectivity index (χ2v) is 8.76. The minimum Gasteiger partial charge on any atom is -0.490 e. The number of ether oxygens (including phenoxy) is 1. The summed E-state index contributed by atoms with van der Waals surface area (Å²) in [6.07, 6.45) is 5.58. The molecule has 0 spiro atoms. The van der Waals surface area contributed by atoms with Gasteiger partial charge in [0.15, 0.2) is 5.75 Å². The van der Waals surface area contributed by atoms with E-state index in [1.54, 1.807) is 24.3 Å². The lowest BCUT2D eigenvalue weighted by atomic mass is 10.0. The Kier molecular flexibility index (Phi) is 8.16. The molecule has 1 N–H and O–H groups in total. The summed E-state index contributed by atoms with van der Waals surface area (Å²) in [6, 6.07) is 7.53. The number of hydrogen-bond acceptors (Lipinski definition) is 4. The zero-order valence-electron chi connectivity index (χ0n) is 18.8. The monoisotopic (exact) mass is 488 g/mol. The van der Waals surface area contributed by atoms with E-state index >= 15 is 0 Å². The third-order valence-electron chi connectivity index (χ3n) is 5.43. The van der Waals surface area contributed by atoms with E-state index in [4.69, 9.17) is 27.9 Å². The van der Waals surface area contributed by atoms with E-state index < -0.39 is 17.8 Å². The van der Waals surface area contributed by atoms with Crippen molar-refractivity contribution < 1.29 is 19.1 Å². The molecule has 1 heterocycles. The van der Waals surface area contributed by atoms with Crippen LogP contribution in [-0.4, -0.2) is 24.5 Å².